The fourth-order valence-electron chi connectivity index (χ4n) is 1.57. The highest BCUT2D eigenvalue weighted by Gasteiger charge is 2.05. The molecule has 0 aliphatic carbocycles. The number of hydrogen-bond donors (Lipinski definition) is 1. The van der Waals surface area contributed by atoms with Gasteiger partial charge in [0.2, 0.25) is 0 Å². The van der Waals surface area contributed by atoms with Crippen LogP contribution in [0.4, 0.5) is 4.39 Å². The standard InChI is InChI=1S/C10H11FN2OS2/c1-16(14)5-4-13-9-6-7(11)2-3-8(9)12-10(13)15/h2-3,6H,4-5H2,1H3,(H,12,15). The molecule has 0 aliphatic rings. The van der Waals surface area contributed by atoms with Gasteiger partial charge in [-0.05, 0) is 30.4 Å². The maximum atomic E-state index is 13.1. The molecular formula is C10H11FN2OS2. The summed E-state index contributed by atoms with van der Waals surface area (Å²) in [7, 11) is -0.881. The van der Waals surface area contributed by atoms with E-state index in [1.54, 1.807) is 16.9 Å². The normalized spacial score (nSPS) is 13.1. The van der Waals surface area contributed by atoms with Crippen molar-refractivity contribution in [3.63, 3.8) is 0 Å². The predicted molar refractivity (Wildman–Crippen MR) is 66.0 cm³/mol. The number of nitrogens with one attached hydrogen (secondary N) is 1. The average Bonchev–Trinajstić information content (AvgIpc) is 2.51. The van der Waals surface area contributed by atoms with Crippen LogP contribution in [0.1, 0.15) is 0 Å². The number of aromatic amines is 1. The average molecular weight is 258 g/mol. The molecule has 1 heterocycles. The van der Waals surface area contributed by atoms with Crippen molar-refractivity contribution in [3.05, 3.63) is 28.8 Å². The second-order valence-electron chi connectivity index (χ2n) is 3.52. The highest BCUT2D eigenvalue weighted by atomic mass is 32.2. The third-order valence-corrected chi connectivity index (χ3v) is 3.42. The minimum Gasteiger partial charge on any atom is -0.331 e. The first-order valence-corrected chi connectivity index (χ1v) is 6.89. The lowest BCUT2D eigenvalue weighted by molar-refractivity contribution is 0.628. The van der Waals surface area contributed by atoms with E-state index in [0.29, 0.717) is 17.1 Å². The van der Waals surface area contributed by atoms with Crippen LogP contribution >= 0.6 is 12.2 Å². The Morgan fingerprint density at radius 3 is 3.00 bits per heavy atom. The van der Waals surface area contributed by atoms with E-state index in [2.05, 4.69) is 4.98 Å². The van der Waals surface area contributed by atoms with Crippen LogP contribution in [0.15, 0.2) is 18.2 Å². The van der Waals surface area contributed by atoms with E-state index in [1.165, 1.54) is 12.1 Å². The van der Waals surface area contributed by atoms with Gasteiger partial charge in [-0.1, -0.05) is 0 Å². The smallest absolute Gasteiger partial charge is 0.178 e. The number of aromatic nitrogens is 2. The first-order valence-electron chi connectivity index (χ1n) is 4.76. The maximum Gasteiger partial charge on any atom is 0.178 e. The molecule has 1 N–H and O–H groups in total. The Morgan fingerprint density at radius 1 is 1.56 bits per heavy atom. The molecule has 0 fully saturated rings. The van der Waals surface area contributed by atoms with Crippen LogP contribution < -0.4 is 0 Å². The Bertz CT molecular complexity index is 602. The van der Waals surface area contributed by atoms with E-state index < -0.39 is 10.8 Å². The Morgan fingerprint density at radius 2 is 2.31 bits per heavy atom. The number of hydrogen-bond acceptors (Lipinski definition) is 2. The number of imidazole rings is 1. The molecule has 1 aromatic heterocycles. The highest BCUT2D eigenvalue weighted by Crippen LogP contribution is 2.15. The predicted octanol–water partition coefficient (Wildman–Crippen LogP) is 2.22. The fourth-order valence-corrected chi connectivity index (χ4v) is 2.31. The van der Waals surface area contributed by atoms with E-state index in [-0.39, 0.29) is 5.82 Å². The van der Waals surface area contributed by atoms with Gasteiger partial charge in [-0.2, -0.15) is 0 Å². The summed E-state index contributed by atoms with van der Waals surface area (Å²) in [6.45, 7) is 0.533. The zero-order valence-corrected chi connectivity index (χ0v) is 10.3. The molecule has 2 rings (SSSR count). The van der Waals surface area contributed by atoms with Crippen molar-refractivity contribution in [3.8, 4) is 0 Å². The summed E-state index contributed by atoms with van der Waals surface area (Å²) < 4.78 is 26.4. The van der Waals surface area contributed by atoms with E-state index in [9.17, 15) is 8.60 Å². The highest BCUT2D eigenvalue weighted by molar-refractivity contribution is 7.84. The number of fused-ring (bicyclic) bond motifs is 1. The molecule has 1 aromatic carbocycles. The summed E-state index contributed by atoms with van der Waals surface area (Å²) in [5.74, 6) is 0.213. The maximum absolute atomic E-state index is 13.1. The lowest BCUT2D eigenvalue weighted by Gasteiger charge is -2.02. The molecule has 16 heavy (non-hydrogen) atoms. The van der Waals surface area contributed by atoms with Crippen molar-refractivity contribution in [2.75, 3.05) is 12.0 Å². The third-order valence-electron chi connectivity index (χ3n) is 2.34. The molecule has 0 radical (unpaired) electrons. The van der Waals surface area contributed by atoms with Crippen molar-refractivity contribution >= 4 is 34.1 Å². The lowest BCUT2D eigenvalue weighted by Crippen LogP contribution is -2.06. The largest absolute Gasteiger partial charge is 0.331 e. The first kappa shape index (κ1) is 11.5. The molecule has 0 saturated heterocycles. The summed E-state index contributed by atoms with van der Waals surface area (Å²) >= 11 is 5.13. The van der Waals surface area contributed by atoms with Crippen molar-refractivity contribution in [1.29, 1.82) is 0 Å². The van der Waals surface area contributed by atoms with Gasteiger partial charge in [0.05, 0.1) is 11.0 Å². The zero-order chi connectivity index (χ0) is 11.7. The van der Waals surface area contributed by atoms with Gasteiger partial charge in [0.1, 0.15) is 5.82 Å². The SMILES string of the molecule is CS(=O)CCn1c(=S)[nH]c2ccc(F)cc21. The Kier molecular flexibility index (Phi) is 3.20. The molecule has 1 atom stereocenters. The second-order valence-corrected chi connectivity index (χ2v) is 5.46. The van der Waals surface area contributed by atoms with Gasteiger partial charge in [0.25, 0.3) is 0 Å². The van der Waals surface area contributed by atoms with Gasteiger partial charge in [-0.15, -0.1) is 0 Å². The van der Waals surface area contributed by atoms with E-state index in [0.717, 1.165) is 11.0 Å². The quantitative estimate of drug-likeness (QED) is 0.857. The summed E-state index contributed by atoms with van der Waals surface area (Å²) in [4.78, 5) is 2.99. The molecule has 0 saturated carbocycles. The van der Waals surface area contributed by atoms with Crippen molar-refractivity contribution in [2.45, 2.75) is 6.54 Å². The molecule has 3 nitrogen and oxygen atoms in total. The number of halogens is 1. The van der Waals surface area contributed by atoms with Crippen LogP contribution in [-0.4, -0.2) is 25.8 Å². The Labute approximate surface area is 99.7 Å². The number of H-pyrrole nitrogens is 1. The molecule has 0 spiro atoms. The van der Waals surface area contributed by atoms with Crippen molar-refractivity contribution < 1.29 is 8.60 Å². The van der Waals surface area contributed by atoms with Gasteiger partial charge in [-0.25, -0.2) is 4.39 Å². The number of nitrogens with zero attached hydrogens (tertiary/aromatic N) is 1. The number of aryl methyl sites for hydroxylation is 1. The minimum atomic E-state index is -0.881. The molecule has 0 aliphatic heterocycles. The van der Waals surface area contributed by atoms with Crippen molar-refractivity contribution in [2.24, 2.45) is 0 Å². The van der Waals surface area contributed by atoms with Crippen LogP contribution in [0.5, 0.6) is 0 Å². The van der Waals surface area contributed by atoms with Gasteiger partial charge >= 0.3 is 0 Å². The van der Waals surface area contributed by atoms with Gasteiger partial charge in [-0.3, -0.25) is 4.21 Å². The summed E-state index contributed by atoms with van der Waals surface area (Å²) in [6, 6.07) is 4.47. The van der Waals surface area contributed by atoms with Gasteiger partial charge in [0, 0.05) is 29.4 Å². The molecule has 2 aromatic rings. The minimum absolute atomic E-state index is 0.298. The summed E-state index contributed by atoms with van der Waals surface area (Å²) in [6.07, 6.45) is 1.64. The summed E-state index contributed by atoms with van der Waals surface area (Å²) in [5.41, 5.74) is 1.52. The van der Waals surface area contributed by atoms with E-state index in [1.807, 2.05) is 0 Å². The Hall–Kier alpha value is -1.01. The van der Waals surface area contributed by atoms with Crippen LogP contribution in [-0.2, 0) is 17.3 Å². The molecule has 86 valence electrons. The fraction of sp³-hybridized carbons (Fsp3) is 0.300. The summed E-state index contributed by atoms with van der Waals surface area (Å²) in [5, 5.41) is 0. The topological polar surface area (TPSA) is 37.8 Å². The van der Waals surface area contributed by atoms with Crippen LogP contribution in [0.25, 0.3) is 11.0 Å². The van der Waals surface area contributed by atoms with Crippen LogP contribution in [0, 0.1) is 10.6 Å². The lowest BCUT2D eigenvalue weighted by atomic mass is 10.3. The molecular weight excluding hydrogens is 247 g/mol. The molecule has 0 amide bonds. The van der Waals surface area contributed by atoms with Gasteiger partial charge < -0.3 is 9.55 Å². The number of rotatable bonds is 3. The third kappa shape index (κ3) is 2.22. The van der Waals surface area contributed by atoms with Crippen LogP contribution in [0.3, 0.4) is 0 Å². The monoisotopic (exact) mass is 258 g/mol. The molecule has 6 heteroatoms. The second kappa shape index (κ2) is 4.47. The first-order chi connectivity index (χ1) is 7.58. The van der Waals surface area contributed by atoms with Crippen LogP contribution in [0.2, 0.25) is 0 Å². The molecule has 1 unspecified atom stereocenters. The molecule has 0 bridgehead atoms. The zero-order valence-electron chi connectivity index (χ0n) is 8.70. The Balaban J connectivity index is 2.50. The van der Waals surface area contributed by atoms with E-state index >= 15 is 0 Å². The van der Waals surface area contributed by atoms with Gasteiger partial charge in [0.15, 0.2) is 4.77 Å². The number of benzene rings is 1. The van der Waals surface area contributed by atoms with E-state index in [4.69, 9.17) is 12.2 Å². The van der Waals surface area contributed by atoms with Crippen molar-refractivity contribution in [1.82, 2.24) is 9.55 Å².